The van der Waals surface area contributed by atoms with Crippen LogP contribution in [0.4, 0.5) is 4.39 Å². The van der Waals surface area contributed by atoms with Gasteiger partial charge in [-0.05, 0) is 64.3 Å². The van der Waals surface area contributed by atoms with Gasteiger partial charge >= 0.3 is 0 Å². The zero-order chi connectivity index (χ0) is 15.4. The van der Waals surface area contributed by atoms with E-state index < -0.39 is 0 Å². The number of rotatable bonds is 5. The first-order chi connectivity index (χ1) is 10.0. The second-order valence-corrected chi connectivity index (χ2v) is 6.33. The van der Waals surface area contributed by atoms with Gasteiger partial charge in [-0.25, -0.2) is 4.39 Å². The first-order valence-electron chi connectivity index (χ1n) is 6.66. The third-order valence-corrected chi connectivity index (χ3v) is 4.58. The van der Waals surface area contributed by atoms with Gasteiger partial charge in [0.1, 0.15) is 5.82 Å². The van der Waals surface area contributed by atoms with Crippen molar-refractivity contribution in [1.82, 2.24) is 5.32 Å². The SMILES string of the molecule is CCCNC(c1cc(Cl)ccc1Cl)c1cccc(F)c1Br. The topological polar surface area (TPSA) is 12.0 Å². The van der Waals surface area contributed by atoms with E-state index in [0.717, 1.165) is 24.1 Å². The standard InChI is InChI=1S/C16H15BrCl2FN/c1-2-8-21-16(11-4-3-5-14(20)15(11)17)12-9-10(18)6-7-13(12)19/h3-7,9,16,21H,2,8H2,1H3. The minimum absolute atomic E-state index is 0.221. The first-order valence-corrected chi connectivity index (χ1v) is 8.21. The maximum Gasteiger partial charge on any atom is 0.137 e. The molecule has 21 heavy (non-hydrogen) atoms. The van der Waals surface area contributed by atoms with E-state index in [4.69, 9.17) is 23.2 Å². The van der Waals surface area contributed by atoms with Crippen molar-refractivity contribution in [3.63, 3.8) is 0 Å². The first kappa shape index (κ1) is 16.8. The summed E-state index contributed by atoms with van der Waals surface area (Å²) in [5.41, 5.74) is 1.64. The Balaban J connectivity index is 2.52. The highest BCUT2D eigenvalue weighted by Crippen LogP contribution is 2.35. The van der Waals surface area contributed by atoms with Crippen LogP contribution in [0.2, 0.25) is 10.0 Å². The van der Waals surface area contributed by atoms with Crippen LogP contribution < -0.4 is 5.32 Å². The third kappa shape index (κ3) is 3.98. The molecule has 1 nitrogen and oxygen atoms in total. The maximum absolute atomic E-state index is 13.8. The van der Waals surface area contributed by atoms with Crippen molar-refractivity contribution >= 4 is 39.1 Å². The molecule has 0 saturated carbocycles. The van der Waals surface area contributed by atoms with E-state index >= 15 is 0 Å². The molecule has 0 aliphatic carbocycles. The molecule has 2 rings (SSSR count). The van der Waals surface area contributed by atoms with E-state index in [0.29, 0.717) is 14.5 Å². The molecule has 0 bridgehead atoms. The van der Waals surface area contributed by atoms with Crippen LogP contribution in [0.25, 0.3) is 0 Å². The van der Waals surface area contributed by atoms with E-state index in [1.807, 2.05) is 12.1 Å². The van der Waals surface area contributed by atoms with Crippen LogP contribution in [-0.4, -0.2) is 6.54 Å². The van der Waals surface area contributed by atoms with Crippen molar-refractivity contribution in [3.05, 3.63) is 67.9 Å². The van der Waals surface area contributed by atoms with Crippen LogP contribution in [0.15, 0.2) is 40.9 Å². The van der Waals surface area contributed by atoms with Gasteiger partial charge in [-0.1, -0.05) is 42.3 Å². The molecule has 0 amide bonds. The van der Waals surface area contributed by atoms with Gasteiger partial charge in [-0.3, -0.25) is 0 Å². The van der Waals surface area contributed by atoms with Crippen LogP contribution in [0.1, 0.15) is 30.5 Å². The van der Waals surface area contributed by atoms with Crippen LogP contribution in [-0.2, 0) is 0 Å². The molecule has 0 aliphatic rings. The quantitative estimate of drug-likeness (QED) is 0.661. The molecule has 0 heterocycles. The molecule has 0 saturated heterocycles. The fraction of sp³-hybridized carbons (Fsp3) is 0.250. The fourth-order valence-electron chi connectivity index (χ4n) is 2.16. The summed E-state index contributed by atoms with van der Waals surface area (Å²) in [5.74, 6) is -0.297. The van der Waals surface area contributed by atoms with Gasteiger partial charge in [-0.2, -0.15) is 0 Å². The average Bonchev–Trinajstić information content (AvgIpc) is 2.47. The lowest BCUT2D eigenvalue weighted by Crippen LogP contribution is -2.24. The van der Waals surface area contributed by atoms with Crippen LogP contribution >= 0.6 is 39.1 Å². The molecule has 2 aromatic rings. The number of benzene rings is 2. The van der Waals surface area contributed by atoms with Crippen LogP contribution in [0.5, 0.6) is 0 Å². The minimum atomic E-state index is -0.297. The van der Waals surface area contributed by atoms with Crippen molar-refractivity contribution in [2.45, 2.75) is 19.4 Å². The van der Waals surface area contributed by atoms with E-state index in [1.165, 1.54) is 6.07 Å². The van der Waals surface area contributed by atoms with Crippen LogP contribution in [0, 0.1) is 5.82 Å². The Hall–Kier alpha value is -0.610. The summed E-state index contributed by atoms with van der Waals surface area (Å²) < 4.78 is 14.3. The highest BCUT2D eigenvalue weighted by molar-refractivity contribution is 9.10. The zero-order valence-electron chi connectivity index (χ0n) is 11.5. The largest absolute Gasteiger partial charge is 0.306 e. The van der Waals surface area contributed by atoms with E-state index in [-0.39, 0.29) is 11.9 Å². The van der Waals surface area contributed by atoms with Gasteiger partial charge < -0.3 is 5.32 Å². The Morgan fingerprint density at radius 2 is 1.95 bits per heavy atom. The van der Waals surface area contributed by atoms with Gasteiger partial charge in [0.2, 0.25) is 0 Å². The smallest absolute Gasteiger partial charge is 0.137 e. The predicted molar refractivity (Wildman–Crippen MR) is 90.7 cm³/mol. The Labute approximate surface area is 142 Å². The normalized spacial score (nSPS) is 12.4. The van der Waals surface area contributed by atoms with Crippen molar-refractivity contribution in [2.75, 3.05) is 6.54 Å². The Morgan fingerprint density at radius 1 is 1.19 bits per heavy atom. The lowest BCUT2D eigenvalue weighted by molar-refractivity contribution is 0.580. The summed E-state index contributed by atoms with van der Waals surface area (Å²) in [6.07, 6.45) is 0.960. The monoisotopic (exact) mass is 389 g/mol. The zero-order valence-corrected chi connectivity index (χ0v) is 14.6. The molecular formula is C16H15BrCl2FN. The van der Waals surface area contributed by atoms with Gasteiger partial charge in [0.25, 0.3) is 0 Å². The highest BCUT2D eigenvalue weighted by Gasteiger charge is 2.20. The summed E-state index contributed by atoms with van der Waals surface area (Å²) >= 11 is 15.7. The number of hydrogen-bond donors (Lipinski definition) is 1. The third-order valence-electron chi connectivity index (χ3n) is 3.16. The Bertz CT molecular complexity index is 632. The molecule has 1 N–H and O–H groups in total. The highest BCUT2D eigenvalue weighted by atomic mass is 79.9. The van der Waals surface area contributed by atoms with Gasteiger partial charge in [0, 0.05) is 10.0 Å². The summed E-state index contributed by atoms with van der Waals surface area (Å²) in [7, 11) is 0. The molecule has 1 unspecified atom stereocenters. The van der Waals surface area contributed by atoms with Gasteiger partial charge in [-0.15, -0.1) is 0 Å². The van der Waals surface area contributed by atoms with Crippen molar-refractivity contribution < 1.29 is 4.39 Å². The lowest BCUT2D eigenvalue weighted by atomic mass is 9.98. The molecule has 112 valence electrons. The van der Waals surface area contributed by atoms with E-state index in [2.05, 4.69) is 28.2 Å². The van der Waals surface area contributed by atoms with Crippen molar-refractivity contribution in [2.24, 2.45) is 0 Å². The second kappa shape index (κ2) is 7.59. The summed E-state index contributed by atoms with van der Waals surface area (Å²) in [6, 6.07) is 10.1. The molecule has 1 atom stereocenters. The molecule has 5 heteroatoms. The van der Waals surface area contributed by atoms with Crippen LogP contribution in [0.3, 0.4) is 0 Å². The van der Waals surface area contributed by atoms with Gasteiger partial charge in [0.15, 0.2) is 0 Å². The van der Waals surface area contributed by atoms with Crippen molar-refractivity contribution in [1.29, 1.82) is 0 Å². The summed E-state index contributed by atoms with van der Waals surface area (Å²) in [6.45, 7) is 2.86. The van der Waals surface area contributed by atoms with E-state index in [9.17, 15) is 4.39 Å². The number of nitrogens with one attached hydrogen (secondary N) is 1. The second-order valence-electron chi connectivity index (χ2n) is 4.70. The minimum Gasteiger partial charge on any atom is -0.306 e. The van der Waals surface area contributed by atoms with Crippen molar-refractivity contribution in [3.8, 4) is 0 Å². The average molecular weight is 391 g/mol. The lowest BCUT2D eigenvalue weighted by Gasteiger charge is -2.22. The molecule has 0 aromatic heterocycles. The maximum atomic E-state index is 13.8. The molecular weight excluding hydrogens is 376 g/mol. The molecule has 2 aromatic carbocycles. The van der Waals surface area contributed by atoms with E-state index in [1.54, 1.807) is 18.2 Å². The summed E-state index contributed by atoms with van der Waals surface area (Å²) in [4.78, 5) is 0. The molecule has 0 radical (unpaired) electrons. The Morgan fingerprint density at radius 3 is 2.67 bits per heavy atom. The molecule has 0 spiro atoms. The number of halogens is 4. The predicted octanol–water partition coefficient (Wildman–Crippen LogP) is 5.98. The fourth-order valence-corrected chi connectivity index (χ4v) is 3.06. The Kier molecular flexibility index (Phi) is 6.06. The van der Waals surface area contributed by atoms with Gasteiger partial charge in [0.05, 0.1) is 10.5 Å². The molecule has 0 fully saturated rings. The number of hydrogen-bond acceptors (Lipinski definition) is 1. The molecule has 0 aliphatic heterocycles. The summed E-state index contributed by atoms with van der Waals surface area (Å²) in [5, 5.41) is 4.60.